The number of hydrogen-bond acceptors (Lipinski definition) is 31. The van der Waals surface area contributed by atoms with Gasteiger partial charge in [0.25, 0.3) is 17.8 Å². The number of phenols is 3. The van der Waals surface area contributed by atoms with Gasteiger partial charge in [-0.1, -0.05) is 31.7 Å². The predicted octanol–water partition coefficient (Wildman–Crippen LogP) is 12.2. The fourth-order valence-electron chi connectivity index (χ4n) is 10.7. The molecule has 0 saturated carbocycles. The van der Waals surface area contributed by atoms with Gasteiger partial charge in [0.1, 0.15) is 48.4 Å². The second-order valence-corrected chi connectivity index (χ2v) is 32.1. The zero-order valence-corrected chi connectivity index (χ0v) is 74.5. The molecule has 710 valence electrons. The molecular weight excluding hydrogens is 1790 g/mol. The van der Waals surface area contributed by atoms with Crippen LogP contribution in [0.4, 0.5) is 15.8 Å². The molecule has 8 aromatic carbocycles. The minimum atomic E-state index is -3.81. The molecule has 0 fully saturated rings. The van der Waals surface area contributed by atoms with Crippen molar-refractivity contribution in [3.63, 3.8) is 0 Å². The third kappa shape index (κ3) is 37.7. The number of imide groups is 1. The number of carbonyl (C=O) groups excluding carboxylic acids is 9. The molecule has 0 aromatic heterocycles. The SMILES string of the molecule is C.CC(=O)Nc1c(C)c(C)c(C)c2c1C(=O)OC2=O.CC(=O)O.O=Cc1ccc(O)c(O)c1.S.S.[2H]C([2H])([2H])C([2H])([2H])Oc1cc(C(N)CS(C)(=O)=O)ccc1OC.[2H]C([2H])([2H])C([2H])([2H])Oc1cc([C@@H](CS(C)(=O)=O)N2C(=O)c3cccc(NC(C)=O)c3C2=O)ccc1OC.[2H]C([2H])([2H])C([2H])([2H])Oc1cc([C@H](N)CS(C)(=O)=O)ccc1OC.[2H]C([2H])([2H])Oc1ccc(C=O)cc1O.[2H]C([2H])([2H])Oc1ccc(C=O)cc1OC([2H])([2H])C([2H])([2H])[2H].[2H]CF. The van der Waals surface area contributed by atoms with Gasteiger partial charge in [-0.25, -0.2) is 34.8 Å². The number of methoxy groups -OCH3 is 5. The molecule has 0 radical (unpaired) electrons. The Bertz CT molecular complexity index is 6550. The van der Waals surface area contributed by atoms with E-state index in [1.54, 1.807) is 13.8 Å². The Hall–Kier alpha value is -12.5. The summed E-state index contributed by atoms with van der Waals surface area (Å²) >= 11 is 0. The summed E-state index contributed by atoms with van der Waals surface area (Å²) in [6, 6.07) is 24.1. The van der Waals surface area contributed by atoms with E-state index in [1.165, 1.54) is 138 Å². The molecule has 0 aliphatic carbocycles. The van der Waals surface area contributed by atoms with Crippen LogP contribution in [0.5, 0.6) is 69.0 Å². The lowest BCUT2D eigenvalue weighted by Crippen LogP contribution is -2.37. The molecule has 10 rings (SSSR count). The standard InChI is InChI=1S/C22H24N2O7S.C13H13NO4.2C12H19NO4S.C10H12O3.C8H8O3.C7H6O3.C2H4O2.CH3F.CH4.2H2S/c1-5-31-19-11-14(9-10-18(19)30-3)17(12-32(4,28)29)24-21(26)15-7-6-8-16(23-13(2)25)20(15)22(24)27;1-5-6(2)9-10(13(17)18-12(9)16)11(7(5)3)14-8(4)15;2*1-4-17-12-7-9(5-6-11(12)16-2)10(13)8-18(3,14)15;1-3-13-10-6-8(7-11)4-5-9(10)12-2;1-11-8-3-2-6(5-9)4-7(8)10;8-4-5-1-2-6(9)7(10)3-5;1-2(3)4;1-2;;;/h6-11,17H,5,12H2,1-4H3,(H,23,25);1-4H3,(H,14,15);2*5-7,10H,4,8,13H2,1-3H3;4-7H,3H2,1-2H3;2-5,10H,1H3;1-4,9-10H;1H3,(H,3,4);1H3;1H4;2*1H2/t17-;;10-;;;;;;;;;/m1.1........./s1/i1D3,5D2;;2*1D3,4D2;1D3,2D3,3D2;1D3;;;1D;;;. The van der Waals surface area contributed by atoms with E-state index in [9.17, 15) is 77.9 Å². The van der Waals surface area contributed by atoms with Crippen molar-refractivity contribution in [2.24, 2.45) is 11.5 Å². The molecule has 35 nitrogen and oxygen atoms in total. The minimum absolute atomic E-state index is 0. The third-order valence-electron chi connectivity index (χ3n) is 16.3. The number of nitrogens with zero attached hydrogens (tertiary/aromatic N) is 1. The maximum absolute atomic E-state index is 13.4. The number of ether oxygens (including phenoxy) is 10. The number of sulfone groups is 3. The number of alkyl halides is 1. The van der Waals surface area contributed by atoms with Crippen LogP contribution in [0, 0.1) is 20.8 Å². The first-order valence-corrected chi connectivity index (χ1v) is 41.3. The lowest BCUT2D eigenvalue weighted by Gasteiger charge is -2.27. The number of carboxylic acids is 1. The number of aliphatic carboxylic acids is 1. The van der Waals surface area contributed by atoms with Crippen molar-refractivity contribution >= 4 is 128 Å². The van der Waals surface area contributed by atoms with Crippen LogP contribution >= 0.6 is 27.0 Å². The lowest BCUT2D eigenvalue weighted by molar-refractivity contribution is -0.134. The minimum Gasteiger partial charge on any atom is -0.504 e. The molecular formula is C88H116FN5O30S5. The molecule has 4 amide bonds. The first-order valence-electron chi connectivity index (χ1n) is 48.8. The zero-order valence-electron chi connectivity index (χ0n) is 97.0. The normalized spacial score (nSPS) is 15.8. The summed E-state index contributed by atoms with van der Waals surface area (Å²) in [5.41, 5.74) is 16.1. The van der Waals surface area contributed by atoms with Crippen LogP contribution < -0.4 is 64.7 Å². The molecule has 0 spiro atoms. The smallest absolute Gasteiger partial charge is 0.349 e. The van der Waals surface area contributed by atoms with E-state index in [4.69, 9.17) is 102 Å². The number of fused-ring (bicyclic) bond motifs is 2. The van der Waals surface area contributed by atoms with Gasteiger partial charge in [-0.15, -0.1) is 0 Å². The predicted molar refractivity (Wildman–Crippen MR) is 497 cm³/mol. The number of esters is 2. The van der Waals surface area contributed by atoms with Crippen molar-refractivity contribution in [3.8, 4) is 69.0 Å². The van der Waals surface area contributed by atoms with Gasteiger partial charge in [0.05, 0.1) is 146 Å². The number of aldehydes is 3. The molecule has 41 heteroatoms. The largest absolute Gasteiger partial charge is 0.504 e. The molecule has 8 aromatic rings. The number of carbonyl (C=O) groups is 10. The van der Waals surface area contributed by atoms with Crippen LogP contribution in [0.25, 0.3) is 0 Å². The second kappa shape index (κ2) is 57.3. The lowest BCUT2D eigenvalue weighted by atomic mass is 9.92. The highest BCUT2D eigenvalue weighted by Crippen LogP contribution is 2.41. The van der Waals surface area contributed by atoms with Crippen molar-refractivity contribution in [3.05, 3.63) is 200 Å². The van der Waals surface area contributed by atoms with Gasteiger partial charge in [-0.3, -0.25) is 47.6 Å². The maximum atomic E-state index is 13.4. The first kappa shape index (κ1) is 77.6. The van der Waals surface area contributed by atoms with Gasteiger partial charge in [-0.05, 0) is 185 Å². The summed E-state index contributed by atoms with van der Waals surface area (Å²) in [5, 5.41) is 39.3. The number of halogens is 1. The van der Waals surface area contributed by atoms with Crippen LogP contribution in [0.15, 0.2) is 127 Å². The van der Waals surface area contributed by atoms with Gasteiger partial charge in [-0.2, -0.15) is 27.0 Å². The van der Waals surface area contributed by atoms with E-state index >= 15 is 0 Å². The average Bonchev–Trinajstić information content (AvgIpc) is 1.59. The van der Waals surface area contributed by atoms with Gasteiger partial charge in [0, 0.05) is 84.8 Å². The molecule has 3 atom stereocenters. The number of carboxylic acid groups (broad SMARTS) is 1. The summed E-state index contributed by atoms with van der Waals surface area (Å²) in [4.78, 5) is 114. The fraction of sp³-hybridized carbons (Fsp3) is 0.341. The highest BCUT2D eigenvalue weighted by Gasteiger charge is 2.44. The van der Waals surface area contributed by atoms with E-state index in [1.807, 2.05) is 6.92 Å². The van der Waals surface area contributed by atoms with Gasteiger partial charge >= 0.3 is 11.9 Å². The first-order chi connectivity index (χ1) is 69.5. The molecule has 10 N–H and O–H groups in total. The quantitative estimate of drug-likeness (QED) is 0.00742. The molecule has 0 saturated heterocycles. The van der Waals surface area contributed by atoms with E-state index in [0.29, 0.717) is 46.8 Å². The monoisotopic (exact) mass is 1930 g/mol. The van der Waals surface area contributed by atoms with Crippen LogP contribution in [0.1, 0.15) is 217 Å². The van der Waals surface area contributed by atoms with Crippen LogP contribution in [-0.4, -0.2) is 216 Å². The van der Waals surface area contributed by atoms with Crippen molar-refractivity contribution in [1.82, 2.24) is 4.90 Å². The number of aromatic hydroxyl groups is 3. The molecule has 2 aliphatic rings. The summed E-state index contributed by atoms with van der Waals surface area (Å²) < 4.78 is 322. The molecule has 2 aliphatic heterocycles. The number of benzene rings is 8. The Morgan fingerprint density at radius 1 is 0.488 bits per heavy atom. The third-order valence-corrected chi connectivity index (χ3v) is 19.1. The number of cyclic esters (lactones) is 2. The Balaban J connectivity index is 0. The van der Waals surface area contributed by atoms with Crippen LogP contribution in [0.3, 0.4) is 0 Å². The van der Waals surface area contributed by atoms with E-state index in [2.05, 4.69) is 24.8 Å². The zero-order chi connectivity index (χ0) is 119. The molecule has 2 heterocycles. The van der Waals surface area contributed by atoms with Crippen molar-refractivity contribution in [2.75, 3.05) is 115 Å². The van der Waals surface area contributed by atoms with Gasteiger partial charge in [0.2, 0.25) is 11.8 Å². The summed E-state index contributed by atoms with van der Waals surface area (Å²) in [6.07, 6.45) is 4.55. The van der Waals surface area contributed by atoms with Crippen molar-refractivity contribution < 1.29 is 182 Å². The van der Waals surface area contributed by atoms with Gasteiger partial charge in [0.15, 0.2) is 69.0 Å². The highest BCUT2D eigenvalue weighted by molar-refractivity contribution is 7.91. The van der Waals surface area contributed by atoms with E-state index in [0.717, 1.165) is 66.0 Å². The Morgan fingerprint density at radius 2 is 0.860 bits per heavy atom. The average molecular weight is 1930 g/mol. The summed E-state index contributed by atoms with van der Waals surface area (Å²) in [7, 11) is -13.1. The summed E-state index contributed by atoms with van der Waals surface area (Å²) in [5.74, 6) is -8.45. The number of anilines is 2. The maximum Gasteiger partial charge on any atom is 0.349 e. The van der Waals surface area contributed by atoms with E-state index < -0.39 is 175 Å². The van der Waals surface area contributed by atoms with Crippen molar-refractivity contribution in [2.45, 2.75) is 94.5 Å². The number of nitrogens with one attached hydrogen (secondary N) is 2. The molecule has 129 heavy (non-hydrogen) atoms. The number of nitrogens with two attached hydrogens (primary N) is 2. The second-order valence-electron chi connectivity index (χ2n) is 25.6. The Labute approximate surface area is 802 Å². The number of amides is 4. The summed E-state index contributed by atoms with van der Waals surface area (Å²) in [6.45, 7) is -15.4. The molecule has 1 unspecified atom stereocenters. The fourth-order valence-corrected chi connectivity index (χ4v) is 13.3. The number of phenolic OH excluding ortho intramolecular Hbond substituents is 3. The number of hydrogen-bond donors (Lipinski definition) is 8. The molecule has 0 bridgehead atoms. The van der Waals surface area contributed by atoms with Crippen LogP contribution in [-0.2, 0) is 48.6 Å². The van der Waals surface area contributed by atoms with Crippen LogP contribution in [0.2, 0.25) is 0 Å². The number of rotatable bonds is 28. The van der Waals surface area contributed by atoms with E-state index in [-0.39, 0.29) is 154 Å². The topological polar surface area (TPSA) is 526 Å². The highest BCUT2D eigenvalue weighted by atomic mass is 32.2. The Kier molecular flexibility index (Phi) is 34.5. The van der Waals surface area contributed by atoms with Gasteiger partial charge < -0.3 is 89.9 Å². The van der Waals surface area contributed by atoms with Crippen molar-refractivity contribution in [1.29, 1.82) is 0 Å². The Morgan fingerprint density at radius 3 is 1.26 bits per heavy atom.